The number of nitrogens with zero attached hydrogens (tertiary/aromatic N) is 1. The molecule has 0 unspecified atom stereocenters. The second-order valence-electron chi connectivity index (χ2n) is 5.64. The van der Waals surface area contributed by atoms with Crippen molar-refractivity contribution in [2.75, 3.05) is 26.6 Å². The van der Waals surface area contributed by atoms with Crippen LogP contribution < -0.4 is 24.7 Å². The minimum absolute atomic E-state index is 0.0957. The van der Waals surface area contributed by atoms with E-state index in [1.165, 1.54) is 51.7 Å². The monoisotopic (exact) mass is 417 g/mol. The van der Waals surface area contributed by atoms with Crippen molar-refractivity contribution in [1.29, 1.82) is 5.26 Å². The Morgan fingerprint density at radius 3 is 2.07 bits per heavy atom. The Balaban J connectivity index is 2.34. The molecule has 0 aliphatic heterocycles. The Hall–Kier alpha value is -3.55. The van der Waals surface area contributed by atoms with Gasteiger partial charge in [-0.3, -0.25) is 4.79 Å². The molecule has 3 N–H and O–H groups in total. The Bertz CT molecular complexity index is 1090. The van der Waals surface area contributed by atoms with Gasteiger partial charge in [-0.25, -0.2) is 13.6 Å². The van der Waals surface area contributed by atoms with Gasteiger partial charge in [-0.05, 0) is 36.4 Å². The molecule has 0 saturated carbocycles. The van der Waals surface area contributed by atoms with E-state index in [1.807, 2.05) is 6.07 Å². The maximum absolute atomic E-state index is 12.5. The summed E-state index contributed by atoms with van der Waals surface area (Å²) in [5, 5.41) is 17.0. The average Bonchev–Trinajstić information content (AvgIpc) is 2.70. The molecule has 0 spiro atoms. The fourth-order valence-corrected chi connectivity index (χ4v) is 2.91. The summed E-state index contributed by atoms with van der Waals surface area (Å²) in [6.45, 7) is 0. The molecular formula is C19H19N3O6S. The number of ether oxygens (including phenoxy) is 3. The first kappa shape index (κ1) is 21.7. The number of hydrogen-bond acceptors (Lipinski definition) is 7. The fourth-order valence-electron chi connectivity index (χ4n) is 2.40. The van der Waals surface area contributed by atoms with Gasteiger partial charge in [0.15, 0.2) is 11.5 Å². The Kier molecular flexibility index (Phi) is 6.82. The number of methoxy groups -OCH3 is 3. The molecule has 2 aromatic rings. The zero-order chi connectivity index (χ0) is 21.6. The number of carbonyl (C=O) groups is 1. The molecule has 1 amide bonds. The summed E-state index contributed by atoms with van der Waals surface area (Å²) in [6.07, 6.45) is 1.34. The van der Waals surface area contributed by atoms with E-state index in [0.717, 1.165) is 0 Å². The number of sulfonamides is 1. The van der Waals surface area contributed by atoms with Crippen LogP contribution in [0, 0.1) is 11.3 Å². The first-order valence-corrected chi connectivity index (χ1v) is 9.64. The number of nitrogens with two attached hydrogens (primary N) is 1. The summed E-state index contributed by atoms with van der Waals surface area (Å²) >= 11 is 0. The molecule has 0 aliphatic carbocycles. The van der Waals surface area contributed by atoms with Crippen LogP contribution in [-0.2, 0) is 14.8 Å². The predicted molar refractivity (Wildman–Crippen MR) is 106 cm³/mol. The number of amides is 1. The molecule has 0 saturated heterocycles. The smallest absolute Gasteiger partial charge is 0.266 e. The molecule has 2 aromatic carbocycles. The first-order chi connectivity index (χ1) is 13.7. The highest BCUT2D eigenvalue weighted by molar-refractivity contribution is 7.89. The van der Waals surface area contributed by atoms with Crippen molar-refractivity contribution >= 4 is 27.7 Å². The number of carbonyl (C=O) groups excluding carboxylic acids is 1. The molecule has 10 heteroatoms. The summed E-state index contributed by atoms with van der Waals surface area (Å²) in [5.41, 5.74) is 0.523. The third kappa shape index (κ3) is 5.25. The van der Waals surface area contributed by atoms with Crippen LogP contribution in [0.15, 0.2) is 46.9 Å². The maximum Gasteiger partial charge on any atom is 0.266 e. The molecule has 29 heavy (non-hydrogen) atoms. The number of benzene rings is 2. The minimum Gasteiger partial charge on any atom is -0.496 e. The van der Waals surface area contributed by atoms with Crippen molar-refractivity contribution in [1.82, 2.24) is 0 Å². The van der Waals surface area contributed by atoms with Crippen LogP contribution in [0.5, 0.6) is 17.2 Å². The van der Waals surface area contributed by atoms with Gasteiger partial charge in [-0.2, -0.15) is 5.26 Å². The lowest BCUT2D eigenvalue weighted by Crippen LogP contribution is -2.14. The van der Waals surface area contributed by atoms with E-state index in [4.69, 9.17) is 19.3 Å². The summed E-state index contributed by atoms with van der Waals surface area (Å²) in [6, 6.07) is 10.2. The lowest BCUT2D eigenvalue weighted by Gasteiger charge is -2.12. The second kappa shape index (κ2) is 9.09. The number of nitriles is 1. The number of hydrogen-bond donors (Lipinski definition) is 2. The highest BCUT2D eigenvalue weighted by atomic mass is 32.2. The van der Waals surface area contributed by atoms with Gasteiger partial charge in [-0.1, -0.05) is 0 Å². The number of rotatable bonds is 7. The first-order valence-electron chi connectivity index (χ1n) is 8.09. The largest absolute Gasteiger partial charge is 0.496 e. The highest BCUT2D eigenvalue weighted by Gasteiger charge is 2.15. The van der Waals surface area contributed by atoms with Crippen LogP contribution in [0.3, 0.4) is 0 Å². The molecule has 0 atom stereocenters. The molecule has 0 bridgehead atoms. The van der Waals surface area contributed by atoms with Crippen LogP contribution in [0.1, 0.15) is 5.56 Å². The van der Waals surface area contributed by atoms with Crippen LogP contribution in [-0.4, -0.2) is 35.7 Å². The molecule has 0 heterocycles. The van der Waals surface area contributed by atoms with E-state index in [2.05, 4.69) is 5.32 Å². The molecule has 2 rings (SSSR count). The van der Waals surface area contributed by atoms with Gasteiger partial charge in [0, 0.05) is 17.3 Å². The van der Waals surface area contributed by atoms with Crippen LogP contribution in [0.4, 0.5) is 5.69 Å². The Morgan fingerprint density at radius 2 is 1.59 bits per heavy atom. The zero-order valence-corrected chi connectivity index (χ0v) is 16.7. The van der Waals surface area contributed by atoms with E-state index in [-0.39, 0.29) is 10.5 Å². The van der Waals surface area contributed by atoms with Gasteiger partial charge in [0.05, 0.1) is 26.2 Å². The number of primary sulfonamides is 1. The van der Waals surface area contributed by atoms with Crippen molar-refractivity contribution in [2.45, 2.75) is 4.90 Å². The van der Waals surface area contributed by atoms with Crippen LogP contribution in [0.25, 0.3) is 6.08 Å². The maximum atomic E-state index is 12.5. The molecule has 0 aliphatic rings. The van der Waals surface area contributed by atoms with Gasteiger partial charge < -0.3 is 19.5 Å². The van der Waals surface area contributed by atoms with E-state index in [0.29, 0.717) is 28.5 Å². The highest BCUT2D eigenvalue weighted by Crippen LogP contribution is 2.35. The van der Waals surface area contributed by atoms with Crippen LogP contribution in [0.2, 0.25) is 0 Å². The van der Waals surface area contributed by atoms with Gasteiger partial charge in [0.2, 0.25) is 10.0 Å². The third-order valence-electron chi connectivity index (χ3n) is 3.84. The lowest BCUT2D eigenvalue weighted by molar-refractivity contribution is -0.112. The average molecular weight is 417 g/mol. The zero-order valence-electron chi connectivity index (χ0n) is 15.9. The predicted octanol–water partition coefficient (Wildman–Crippen LogP) is 1.91. The third-order valence-corrected chi connectivity index (χ3v) is 4.77. The van der Waals surface area contributed by atoms with Crippen molar-refractivity contribution in [2.24, 2.45) is 5.14 Å². The fraction of sp³-hybridized carbons (Fsp3) is 0.158. The molecule has 0 fully saturated rings. The number of anilines is 1. The van der Waals surface area contributed by atoms with Crippen molar-refractivity contribution in [3.8, 4) is 23.3 Å². The van der Waals surface area contributed by atoms with Gasteiger partial charge >= 0.3 is 0 Å². The van der Waals surface area contributed by atoms with Crippen molar-refractivity contribution in [3.63, 3.8) is 0 Å². The molecule has 9 nitrogen and oxygen atoms in total. The Labute approximate surface area is 168 Å². The number of nitrogens with one attached hydrogen (secondary N) is 1. The normalized spacial score (nSPS) is 11.3. The van der Waals surface area contributed by atoms with E-state index in [1.54, 1.807) is 12.1 Å². The Morgan fingerprint density at radius 1 is 1.03 bits per heavy atom. The van der Waals surface area contributed by atoms with E-state index >= 15 is 0 Å². The van der Waals surface area contributed by atoms with Crippen molar-refractivity contribution in [3.05, 3.63) is 47.5 Å². The van der Waals surface area contributed by atoms with Crippen molar-refractivity contribution < 1.29 is 27.4 Å². The second-order valence-corrected chi connectivity index (χ2v) is 7.20. The van der Waals surface area contributed by atoms with Crippen LogP contribution >= 0.6 is 0 Å². The molecule has 152 valence electrons. The van der Waals surface area contributed by atoms with Gasteiger partial charge in [0.1, 0.15) is 17.4 Å². The summed E-state index contributed by atoms with van der Waals surface area (Å²) < 4.78 is 38.3. The molecule has 0 radical (unpaired) electrons. The quantitative estimate of drug-likeness (QED) is 0.518. The SMILES string of the molecule is COc1cc(OC)c(OC)cc1/C=C(\C#N)C(=O)Nc1ccc(S(N)(=O)=O)cc1. The summed E-state index contributed by atoms with van der Waals surface area (Å²) in [5.74, 6) is 0.517. The van der Waals surface area contributed by atoms with E-state index in [9.17, 15) is 18.5 Å². The molecular weight excluding hydrogens is 398 g/mol. The summed E-state index contributed by atoms with van der Waals surface area (Å²) in [7, 11) is 0.534. The van der Waals surface area contributed by atoms with E-state index < -0.39 is 15.9 Å². The topological polar surface area (TPSA) is 141 Å². The summed E-state index contributed by atoms with van der Waals surface area (Å²) in [4.78, 5) is 12.4. The van der Waals surface area contributed by atoms with Gasteiger partial charge in [-0.15, -0.1) is 0 Å². The minimum atomic E-state index is -3.84. The standard InChI is InChI=1S/C19H19N3O6S/c1-26-16-10-18(28-3)17(27-2)9-12(16)8-13(11-20)19(23)22-14-4-6-15(7-5-14)29(21,24)25/h4-10H,1-3H3,(H,22,23)(H2,21,24,25)/b13-8+. The lowest BCUT2D eigenvalue weighted by atomic mass is 10.1. The van der Waals surface area contributed by atoms with Gasteiger partial charge in [0.25, 0.3) is 5.91 Å². The molecule has 0 aromatic heterocycles.